The second-order valence-corrected chi connectivity index (χ2v) is 8.63. The third kappa shape index (κ3) is 9.08. The van der Waals surface area contributed by atoms with Gasteiger partial charge in [-0.1, -0.05) is 0 Å². The lowest BCUT2D eigenvalue weighted by atomic mass is 9.98. The normalized spacial score (nSPS) is 12.7. The maximum absolute atomic E-state index is 13.0. The van der Waals surface area contributed by atoms with Crippen LogP contribution in [0.4, 0.5) is 13.2 Å². The molecule has 0 aliphatic rings. The first-order valence-electron chi connectivity index (χ1n) is 11.1. The molecule has 12 heteroatoms. The van der Waals surface area contributed by atoms with Crippen LogP contribution >= 0.6 is 0 Å². The number of Topliss-reactive ketones (excluding diaryl/α,β-unsaturated/α-hetero) is 1. The van der Waals surface area contributed by atoms with Gasteiger partial charge in [0.15, 0.2) is 12.4 Å². The zero-order valence-corrected chi connectivity index (χ0v) is 20.7. The predicted molar refractivity (Wildman–Crippen MR) is 123 cm³/mol. The third-order valence-electron chi connectivity index (χ3n) is 4.89. The van der Waals surface area contributed by atoms with Crippen LogP contribution in [0.3, 0.4) is 0 Å². The molecule has 198 valence electrons. The number of carbonyl (C=O) groups excluding carboxylic acids is 2. The first-order chi connectivity index (χ1) is 16.7. The van der Waals surface area contributed by atoms with Gasteiger partial charge in [-0.25, -0.2) is 0 Å². The molecule has 0 aliphatic heterocycles. The SMILES string of the molecule is COCCOc1nc(OCC(F)(F)F)ccc1C(=O)NC(C)c1cc(C)nc(CC(=O)C(C)(C)O)c1. The Morgan fingerprint density at radius 2 is 1.81 bits per heavy atom. The summed E-state index contributed by atoms with van der Waals surface area (Å²) in [6, 6.07) is 5.26. The van der Waals surface area contributed by atoms with Gasteiger partial charge in [0.2, 0.25) is 11.8 Å². The van der Waals surface area contributed by atoms with E-state index in [9.17, 15) is 27.9 Å². The molecule has 2 aromatic heterocycles. The molecule has 0 aliphatic carbocycles. The lowest BCUT2D eigenvalue weighted by Gasteiger charge is -2.19. The fourth-order valence-corrected chi connectivity index (χ4v) is 3.01. The molecule has 0 radical (unpaired) electrons. The van der Waals surface area contributed by atoms with E-state index in [0.717, 1.165) is 6.07 Å². The first kappa shape index (κ1) is 29.0. The number of aryl methyl sites for hydroxylation is 1. The molecule has 0 spiro atoms. The number of nitrogens with one attached hydrogen (secondary N) is 1. The molecule has 0 bridgehead atoms. The van der Waals surface area contributed by atoms with E-state index in [1.54, 1.807) is 26.0 Å². The average Bonchev–Trinajstić information content (AvgIpc) is 2.76. The first-order valence-corrected chi connectivity index (χ1v) is 11.1. The quantitative estimate of drug-likeness (QED) is 0.416. The largest absolute Gasteiger partial charge is 0.475 e. The van der Waals surface area contributed by atoms with Crippen LogP contribution in [-0.2, 0) is 16.0 Å². The molecule has 36 heavy (non-hydrogen) atoms. The highest BCUT2D eigenvalue weighted by atomic mass is 19.4. The molecular weight excluding hydrogens is 483 g/mol. The molecule has 2 rings (SSSR count). The van der Waals surface area contributed by atoms with Crippen LogP contribution in [0.15, 0.2) is 24.3 Å². The Bertz CT molecular complexity index is 1070. The van der Waals surface area contributed by atoms with Crippen molar-refractivity contribution >= 4 is 11.7 Å². The highest BCUT2D eigenvalue weighted by Crippen LogP contribution is 2.24. The van der Waals surface area contributed by atoms with E-state index < -0.39 is 36.1 Å². The van der Waals surface area contributed by atoms with Crippen molar-refractivity contribution in [2.24, 2.45) is 0 Å². The molecule has 2 aromatic rings. The van der Waals surface area contributed by atoms with Crippen LogP contribution in [0.2, 0.25) is 0 Å². The summed E-state index contributed by atoms with van der Waals surface area (Å²) >= 11 is 0. The minimum absolute atomic E-state index is 0.00417. The van der Waals surface area contributed by atoms with Crippen LogP contribution in [0.25, 0.3) is 0 Å². The highest BCUT2D eigenvalue weighted by Gasteiger charge is 2.29. The smallest absolute Gasteiger partial charge is 0.422 e. The Hall–Kier alpha value is -3.25. The van der Waals surface area contributed by atoms with E-state index in [1.807, 2.05) is 0 Å². The second kappa shape index (κ2) is 12.1. The molecule has 0 saturated heterocycles. The summed E-state index contributed by atoms with van der Waals surface area (Å²) in [7, 11) is 1.44. The van der Waals surface area contributed by atoms with Crippen molar-refractivity contribution in [2.75, 3.05) is 26.9 Å². The van der Waals surface area contributed by atoms with Crippen LogP contribution < -0.4 is 14.8 Å². The molecule has 1 atom stereocenters. The van der Waals surface area contributed by atoms with Gasteiger partial charge in [-0.05, 0) is 51.5 Å². The van der Waals surface area contributed by atoms with Crippen molar-refractivity contribution in [1.82, 2.24) is 15.3 Å². The maximum atomic E-state index is 13.0. The standard InChI is InChI=1S/C24H30F3N3O6/c1-14-10-16(11-17(28-14)12-19(31)23(3,4)33)15(2)29-21(32)18-6-7-20(36-13-24(25,26)27)30-22(18)35-9-8-34-5/h6-7,10-11,15,33H,8-9,12-13H2,1-5H3,(H,29,32). The molecule has 0 fully saturated rings. The molecule has 1 unspecified atom stereocenters. The number of aromatic nitrogens is 2. The van der Waals surface area contributed by atoms with Crippen molar-refractivity contribution in [3.63, 3.8) is 0 Å². The molecule has 0 saturated carbocycles. The predicted octanol–water partition coefficient (Wildman–Crippen LogP) is 3.12. The summed E-state index contributed by atoms with van der Waals surface area (Å²) < 4.78 is 52.5. The van der Waals surface area contributed by atoms with Gasteiger partial charge in [-0.3, -0.25) is 14.6 Å². The topological polar surface area (TPSA) is 120 Å². The van der Waals surface area contributed by atoms with E-state index in [0.29, 0.717) is 17.0 Å². The van der Waals surface area contributed by atoms with Gasteiger partial charge in [-0.15, -0.1) is 0 Å². The van der Waals surface area contributed by atoms with Gasteiger partial charge in [0.25, 0.3) is 5.91 Å². The van der Waals surface area contributed by atoms with Gasteiger partial charge in [-0.2, -0.15) is 18.2 Å². The van der Waals surface area contributed by atoms with Crippen molar-refractivity contribution in [2.45, 2.75) is 51.9 Å². The maximum Gasteiger partial charge on any atom is 0.422 e. The zero-order chi connectivity index (χ0) is 27.1. The average molecular weight is 514 g/mol. The highest BCUT2D eigenvalue weighted by molar-refractivity contribution is 5.96. The van der Waals surface area contributed by atoms with Crippen LogP contribution in [0, 0.1) is 6.92 Å². The number of aliphatic hydroxyl groups is 1. The number of ketones is 1. The van der Waals surface area contributed by atoms with E-state index >= 15 is 0 Å². The molecular formula is C24H30F3N3O6. The molecule has 2 N–H and O–H groups in total. The second-order valence-electron chi connectivity index (χ2n) is 8.63. The Morgan fingerprint density at radius 1 is 1.11 bits per heavy atom. The Balaban J connectivity index is 2.23. The number of hydrogen-bond donors (Lipinski definition) is 2. The Labute approximate surface area is 207 Å². The summed E-state index contributed by atoms with van der Waals surface area (Å²) in [5, 5.41) is 12.7. The van der Waals surface area contributed by atoms with Crippen LogP contribution in [0.1, 0.15) is 54.1 Å². The van der Waals surface area contributed by atoms with E-state index in [2.05, 4.69) is 20.0 Å². The van der Waals surface area contributed by atoms with Crippen LogP contribution in [-0.4, -0.2) is 65.5 Å². The number of halogens is 3. The van der Waals surface area contributed by atoms with Gasteiger partial charge in [0, 0.05) is 24.6 Å². The fraction of sp³-hybridized carbons (Fsp3) is 0.500. The van der Waals surface area contributed by atoms with E-state index in [1.165, 1.54) is 27.0 Å². The van der Waals surface area contributed by atoms with Gasteiger partial charge in [0.05, 0.1) is 19.1 Å². The van der Waals surface area contributed by atoms with Crippen molar-refractivity contribution in [3.8, 4) is 11.8 Å². The van der Waals surface area contributed by atoms with Gasteiger partial charge >= 0.3 is 6.18 Å². The lowest BCUT2D eigenvalue weighted by Crippen LogP contribution is -2.33. The minimum atomic E-state index is -4.55. The number of amides is 1. The lowest BCUT2D eigenvalue weighted by molar-refractivity contribution is -0.154. The number of carbonyl (C=O) groups is 2. The van der Waals surface area contributed by atoms with E-state index in [-0.39, 0.29) is 37.0 Å². The fourth-order valence-electron chi connectivity index (χ4n) is 3.01. The number of hydrogen-bond acceptors (Lipinski definition) is 8. The number of nitrogens with zero attached hydrogens (tertiary/aromatic N) is 2. The number of methoxy groups -OCH3 is 1. The third-order valence-corrected chi connectivity index (χ3v) is 4.89. The summed E-state index contributed by atoms with van der Waals surface area (Å²) in [6.45, 7) is 4.87. The van der Waals surface area contributed by atoms with Gasteiger partial charge < -0.3 is 24.6 Å². The number of alkyl halides is 3. The Kier molecular flexibility index (Phi) is 9.77. The van der Waals surface area contributed by atoms with Crippen molar-refractivity contribution in [1.29, 1.82) is 0 Å². The molecule has 1 amide bonds. The Morgan fingerprint density at radius 3 is 2.42 bits per heavy atom. The molecule has 2 heterocycles. The van der Waals surface area contributed by atoms with Crippen LogP contribution in [0.5, 0.6) is 11.8 Å². The van der Waals surface area contributed by atoms with Crippen molar-refractivity contribution < 1.29 is 42.1 Å². The minimum Gasteiger partial charge on any atom is -0.475 e. The number of pyridine rings is 2. The number of rotatable bonds is 12. The number of ether oxygens (including phenoxy) is 3. The van der Waals surface area contributed by atoms with Crippen molar-refractivity contribution in [3.05, 3.63) is 46.8 Å². The monoisotopic (exact) mass is 513 g/mol. The molecule has 0 aromatic carbocycles. The van der Waals surface area contributed by atoms with Gasteiger partial charge in [0.1, 0.15) is 17.8 Å². The summed E-state index contributed by atoms with van der Waals surface area (Å²) in [5.74, 6) is -1.55. The summed E-state index contributed by atoms with van der Waals surface area (Å²) in [5.41, 5.74) is 0.196. The summed E-state index contributed by atoms with van der Waals surface area (Å²) in [4.78, 5) is 33.4. The zero-order valence-electron chi connectivity index (χ0n) is 20.7. The summed E-state index contributed by atoms with van der Waals surface area (Å²) in [6.07, 6.45) is -4.64. The van der Waals surface area contributed by atoms with E-state index in [4.69, 9.17) is 9.47 Å². The molecule has 9 nitrogen and oxygen atoms in total.